The second kappa shape index (κ2) is 2.45. The fourth-order valence-corrected chi connectivity index (χ4v) is 1.62. The fraction of sp³-hybridized carbons (Fsp3) is 0.400. The molecule has 3 heteroatoms. The molecule has 0 radical (unpaired) electrons. The van der Waals surface area contributed by atoms with E-state index in [4.69, 9.17) is 0 Å². The van der Waals surface area contributed by atoms with Crippen LogP contribution in [0.2, 0.25) is 0 Å². The van der Waals surface area contributed by atoms with E-state index in [2.05, 4.69) is 0 Å². The molecular weight excluding hydrogens is 171 g/mol. The molecule has 2 rings (SSSR count). The molecule has 2 nitrogen and oxygen atoms in total. The van der Waals surface area contributed by atoms with Crippen molar-refractivity contribution in [2.75, 3.05) is 0 Å². The summed E-state index contributed by atoms with van der Waals surface area (Å²) < 4.78 is 13.0. The molecule has 0 saturated heterocycles. The average Bonchev–Trinajstić information content (AvgIpc) is 2.78. The molecule has 0 unspecified atom stereocenters. The second-order valence-electron chi connectivity index (χ2n) is 3.62. The van der Waals surface area contributed by atoms with E-state index < -0.39 is 17.2 Å². The Kier molecular flexibility index (Phi) is 1.60. The summed E-state index contributed by atoms with van der Waals surface area (Å²) in [5, 5.41) is 19.2. The molecule has 0 heterocycles. The molecule has 0 atom stereocenters. The first-order chi connectivity index (χ1) is 6.04. The third-order valence-corrected chi connectivity index (χ3v) is 2.53. The SMILES string of the molecule is Cc1ccc(F)c(O)c1C1(O)CC1. The van der Waals surface area contributed by atoms with Crippen molar-refractivity contribution < 1.29 is 14.6 Å². The molecule has 0 bridgehead atoms. The Hall–Kier alpha value is -1.09. The third kappa shape index (κ3) is 1.20. The van der Waals surface area contributed by atoms with E-state index in [1.54, 1.807) is 13.0 Å². The molecule has 2 N–H and O–H groups in total. The minimum atomic E-state index is -0.976. The fourth-order valence-electron chi connectivity index (χ4n) is 1.62. The van der Waals surface area contributed by atoms with E-state index in [1.807, 2.05) is 0 Å². The van der Waals surface area contributed by atoms with Gasteiger partial charge in [0, 0.05) is 5.56 Å². The summed E-state index contributed by atoms with van der Waals surface area (Å²) in [6.45, 7) is 1.75. The number of aromatic hydroxyl groups is 1. The van der Waals surface area contributed by atoms with Crippen LogP contribution in [0.25, 0.3) is 0 Å². The highest BCUT2D eigenvalue weighted by Crippen LogP contribution is 2.50. The molecule has 1 aliphatic rings. The lowest BCUT2D eigenvalue weighted by Crippen LogP contribution is -2.07. The predicted octanol–water partition coefficient (Wildman–Crippen LogP) is 1.82. The number of phenolic OH excluding ortho intramolecular Hbond substituents is 1. The maximum absolute atomic E-state index is 13.0. The number of aliphatic hydroxyl groups is 1. The summed E-state index contributed by atoms with van der Waals surface area (Å²) in [6, 6.07) is 2.78. The molecule has 1 fully saturated rings. The zero-order valence-electron chi connectivity index (χ0n) is 7.34. The normalized spacial score (nSPS) is 18.7. The Morgan fingerprint density at radius 2 is 2.00 bits per heavy atom. The average molecular weight is 182 g/mol. The number of phenols is 1. The predicted molar refractivity (Wildman–Crippen MR) is 45.9 cm³/mol. The summed E-state index contributed by atoms with van der Waals surface area (Å²) in [4.78, 5) is 0. The topological polar surface area (TPSA) is 40.5 Å². The van der Waals surface area contributed by atoms with Gasteiger partial charge in [-0.3, -0.25) is 0 Å². The van der Waals surface area contributed by atoms with Gasteiger partial charge in [-0.1, -0.05) is 6.07 Å². The van der Waals surface area contributed by atoms with Gasteiger partial charge in [-0.2, -0.15) is 0 Å². The molecule has 0 spiro atoms. The second-order valence-corrected chi connectivity index (χ2v) is 3.62. The number of hydrogen-bond donors (Lipinski definition) is 2. The van der Waals surface area contributed by atoms with Gasteiger partial charge in [-0.05, 0) is 31.4 Å². The molecular formula is C10H11FO2. The standard InChI is InChI=1S/C10H11FO2/c1-6-2-3-7(11)9(12)8(6)10(13)4-5-10/h2-3,12-13H,4-5H2,1H3. The first-order valence-corrected chi connectivity index (χ1v) is 4.25. The Labute approximate surface area is 75.6 Å². The van der Waals surface area contributed by atoms with E-state index in [1.165, 1.54) is 6.07 Å². The van der Waals surface area contributed by atoms with Gasteiger partial charge in [0.1, 0.15) is 0 Å². The van der Waals surface area contributed by atoms with E-state index in [-0.39, 0.29) is 0 Å². The Balaban J connectivity index is 2.61. The molecule has 0 amide bonds. The van der Waals surface area contributed by atoms with Crippen molar-refractivity contribution in [3.8, 4) is 5.75 Å². The lowest BCUT2D eigenvalue weighted by atomic mass is 10.0. The van der Waals surface area contributed by atoms with E-state index in [9.17, 15) is 14.6 Å². The lowest BCUT2D eigenvalue weighted by molar-refractivity contribution is 0.146. The summed E-state index contributed by atoms with van der Waals surface area (Å²) in [6.07, 6.45) is 1.20. The lowest BCUT2D eigenvalue weighted by Gasteiger charge is -2.13. The minimum Gasteiger partial charge on any atom is -0.505 e. The van der Waals surface area contributed by atoms with Crippen molar-refractivity contribution in [1.29, 1.82) is 0 Å². The van der Waals surface area contributed by atoms with Crippen LogP contribution < -0.4 is 0 Å². The quantitative estimate of drug-likeness (QED) is 0.695. The zero-order valence-corrected chi connectivity index (χ0v) is 7.34. The molecule has 13 heavy (non-hydrogen) atoms. The largest absolute Gasteiger partial charge is 0.505 e. The van der Waals surface area contributed by atoms with Crippen molar-refractivity contribution in [1.82, 2.24) is 0 Å². The van der Waals surface area contributed by atoms with Crippen molar-refractivity contribution in [2.45, 2.75) is 25.4 Å². The smallest absolute Gasteiger partial charge is 0.165 e. The summed E-state index contributed by atoms with van der Waals surface area (Å²) in [5.41, 5.74) is 0.113. The monoisotopic (exact) mass is 182 g/mol. The van der Waals surface area contributed by atoms with Crippen LogP contribution in [-0.2, 0) is 5.60 Å². The Morgan fingerprint density at radius 1 is 1.38 bits per heavy atom. The highest BCUT2D eigenvalue weighted by Gasteiger charge is 2.45. The number of benzene rings is 1. The van der Waals surface area contributed by atoms with Crippen LogP contribution in [-0.4, -0.2) is 10.2 Å². The summed E-state index contributed by atoms with van der Waals surface area (Å²) in [7, 11) is 0. The molecule has 1 aromatic rings. The van der Waals surface area contributed by atoms with Gasteiger partial charge < -0.3 is 10.2 Å². The summed E-state index contributed by atoms with van der Waals surface area (Å²) in [5.74, 6) is -1.07. The van der Waals surface area contributed by atoms with Gasteiger partial charge in [0.2, 0.25) is 0 Å². The van der Waals surface area contributed by atoms with Gasteiger partial charge >= 0.3 is 0 Å². The molecule has 1 aliphatic carbocycles. The molecule has 70 valence electrons. The van der Waals surface area contributed by atoms with Gasteiger partial charge in [-0.25, -0.2) is 4.39 Å². The number of hydrogen-bond acceptors (Lipinski definition) is 2. The van der Waals surface area contributed by atoms with E-state index in [0.717, 1.165) is 5.56 Å². The van der Waals surface area contributed by atoms with Gasteiger partial charge in [0.05, 0.1) is 5.60 Å². The van der Waals surface area contributed by atoms with Crippen LogP contribution in [0.1, 0.15) is 24.0 Å². The van der Waals surface area contributed by atoms with Crippen LogP contribution >= 0.6 is 0 Å². The highest BCUT2D eigenvalue weighted by atomic mass is 19.1. The van der Waals surface area contributed by atoms with Gasteiger partial charge in [-0.15, -0.1) is 0 Å². The molecule has 0 aliphatic heterocycles. The number of halogens is 1. The van der Waals surface area contributed by atoms with Crippen LogP contribution in [0.15, 0.2) is 12.1 Å². The van der Waals surface area contributed by atoms with Crippen molar-refractivity contribution in [3.05, 3.63) is 29.1 Å². The Bertz CT molecular complexity index is 356. The summed E-state index contributed by atoms with van der Waals surface area (Å²) >= 11 is 0. The van der Waals surface area contributed by atoms with Crippen molar-refractivity contribution >= 4 is 0 Å². The van der Waals surface area contributed by atoms with Crippen molar-refractivity contribution in [2.24, 2.45) is 0 Å². The number of aryl methyl sites for hydroxylation is 1. The molecule has 1 saturated carbocycles. The van der Waals surface area contributed by atoms with Crippen molar-refractivity contribution in [3.63, 3.8) is 0 Å². The molecule has 0 aromatic heterocycles. The maximum atomic E-state index is 13.0. The van der Waals surface area contributed by atoms with Crippen LogP contribution in [0.3, 0.4) is 0 Å². The van der Waals surface area contributed by atoms with E-state index >= 15 is 0 Å². The van der Waals surface area contributed by atoms with Gasteiger partial charge in [0.15, 0.2) is 11.6 Å². The van der Waals surface area contributed by atoms with Crippen LogP contribution in [0.5, 0.6) is 5.75 Å². The number of rotatable bonds is 1. The van der Waals surface area contributed by atoms with Crippen LogP contribution in [0, 0.1) is 12.7 Å². The Morgan fingerprint density at radius 3 is 2.54 bits per heavy atom. The van der Waals surface area contributed by atoms with Crippen LogP contribution in [0.4, 0.5) is 4.39 Å². The third-order valence-electron chi connectivity index (χ3n) is 2.53. The van der Waals surface area contributed by atoms with E-state index in [0.29, 0.717) is 18.4 Å². The first kappa shape index (κ1) is 8.51. The maximum Gasteiger partial charge on any atom is 0.165 e. The zero-order chi connectivity index (χ0) is 9.64. The highest BCUT2D eigenvalue weighted by molar-refractivity contribution is 5.46. The molecule has 1 aromatic carbocycles. The minimum absolute atomic E-state index is 0.354. The first-order valence-electron chi connectivity index (χ1n) is 4.25. The van der Waals surface area contributed by atoms with Gasteiger partial charge in [0.25, 0.3) is 0 Å².